The Balaban J connectivity index is 2.69. The van der Waals surface area contributed by atoms with Gasteiger partial charge in [-0.2, -0.15) is 0 Å². The van der Waals surface area contributed by atoms with Gasteiger partial charge in [0.2, 0.25) is 0 Å². The Kier molecular flexibility index (Phi) is 2.57. The topological polar surface area (TPSA) is 46.2 Å². The number of phenolic OH excluding ortho intramolecular Hbond substituents is 1. The van der Waals surface area contributed by atoms with E-state index in [4.69, 9.17) is 5.73 Å². The van der Waals surface area contributed by atoms with Crippen molar-refractivity contribution in [2.45, 2.75) is 13.8 Å². The van der Waals surface area contributed by atoms with Gasteiger partial charge >= 0.3 is 0 Å². The molecule has 0 aliphatic carbocycles. The summed E-state index contributed by atoms with van der Waals surface area (Å²) in [5.74, 6) is 0.309. The molecule has 3 N–H and O–H groups in total. The zero-order valence-electron chi connectivity index (χ0n) is 9.49. The third-order valence-electron chi connectivity index (χ3n) is 2.76. The second-order valence-electron chi connectivity index (χ2n) is 4.05. The molecule has 0 unspecified atom stereocenters. The van der Waals surface area contributed by atoms with Crippen LogP contribution in [0.3, 0.4) is 0 Å². The van der Waals surface area contributed by atoms with Crippen molar-refractivity contribution >= 4 is 5.69 Å². The van der Waals surface area contributed by atoms with E-state index in [1.807, 2.05) is 44.2 Å². The molecular formula is C14H15NO. The first kappa shape index (κ1) is 10.6. The van der Waals surface area contributed by atoms with Crippen LogP contribution in [0.4, 0.5) is 5.69 Å². The van der Waals surface area contributed by atoms with Crippen LogP contribution in [0.25, 0.3) is 11.1 Å². The molecule has 0 saturated carbocycles. The lowest BCUT2D eigenvalue weighted by Gasteiger charge is -2.11. The lowest BCUT2D eigenvalue weighted by molar-refractivity contribution is 0.473. The number of hydrogen-bond donors (Lipinski definition) is 2. The van der Waals surface area contributed by atoms with E-state index >= 15 is 0 Å². The fourth-order valence-electron chi connectivity index (χ4n) is 1.89. The van der Waals surface area contributed by atoms with Crippen molar-refractivity contribution in [2.24, 2.45) is 0 Å². The Morgan fingerprint density at radius 3 is 2.31 bits per heavy atom. The van der Waals surface area contributed by atoms with E-state index in [0.717, 1.165) is 22.3 Å². The van der Waals surface area contributed by atoms with E-state index in [9.17, 15) is 5.11 Å². The highest BCUT2D eigenvalue weighted by atomic mass is 16.3. The number of nitrogen functional groups attached to an aromatic ring is 1. The van der Waals surface area contributed by atoms with E-state index in [2.05, 4.69) is 0 Å². The van der Waals surface area contributed by atoms with E-state index < -0.39 is 0 Å². The predicted molar refractivity (Wildman–Crippen MR) is 67.4 cm³/mol. The lowest BCUT2D eigenvalue weighted by Crippen LogP contribution is -1.90. The zero-order valence-corrected chi connectivity index (χ0v) is 9.49. The summed E-state index contributed by atoms with van der Waals surface area (Å²) in [4.78, 5) is 0. The molecule has 2 rings (SSSR count). The van der Waals surface area contributed by atoms with Gasteiger partial charge in [0.1, 0.15) is 5.75 Å². The van der Waals surface area contributed by atoms with Crippen molar-refractivity contribution in [2.75, 3.05) is 5.73 Å². The fraction of sp³-hybridized carbons (Fsp3) is 0.143. The molecule has 0 atom stereocenters. The smallest absolute Gasteiger partial charge is 0.126 e. The molecule has 0 amide bonds. The molecule has 0 aliphatic rings. The maximum Gasteiger partial charge on any atom is 0.126 e. The van der Waals surface area contributed by atoms with Gasteiger partial charge in [-0.1, -0.05) is 24.3 Å². The molecule has 0 spiro atoms. The van der Waals surface area contributed by atoms with E-state index in [-0.39, 0.29) is 0 Å². The second kappa shape index (κ2) is 3.89. The van der Waals surface area contributed by atoms with Crippen molar-refractivity contribution in [3.63, 3.8) is 0 Å². The Hall–Kier alpha value is -1.96. The summed E-state index contributed by atoms with van der Waals surface area (Å²) in [6, 6.07) is 11.5. The van der Waals surface area contributed by atoms with Gasteiger partial charge in [0.05, 0.1) is 0 Å². The molecule has 2 nitrogen and oxygen atoms in total. The molecule has 2 aromatic rings. The summed E-state index contributed by atoms with van der Waals surface area (Å²) in [5.41, 5.74) is 10.2. The van der Waals surface area contributed by atoms with Crippen LogP contribution >= 0.6 is 0 Å². The summed E-state index contributed by atoms with van der Waals surface area (Å²) < 4.78 is 0. The van der Waals surface area contributed by atoms with Crippen LogP contribution in [0.2, 0.25) is 0 Å². The van der Waals surface area contributed by atoms with Crippen LogP contribution in [0, 0.1) is 13.8 Å². The van der Waals surface area contributed by atoms with E-state index in [1.54, 1.807) is 6.07 Å². The van der Waals surface area contributed by atoms with Crippen LogP contribution in [0.5, 0.6) is 5.75 Å². The van der Waals surface area contributed by atoms with Crippen molar-refractivity contribution in [1.29, 1.82) is 0 Å². The molecule has 0 bridgehead atoms. The Morgan fingerprint density at radius 1 is 0.938 bits per heavy atom. The Bertz CT molecular complexity index is 532. The highest BCUT2D eigenvalue weighted by Crippen LogP contribution is 2.35. The molecule has 2 aromatic carbocycles. The van der Waals surface area contributed by atoms with Crippen molar-refractivity contribution in [1.82, 2.24) is 0 Å². The highest BCUT2D eigenvalue weighted by molar-refractivity contribution is 5.77. The van der Waals surface area contributed by atoms with Crippen molar-refractivity contribution in [3.8, 4) is 16.9 Å². The molecule has 0 heterocycles. The molecular weight excluding hydrogens is 198 g/mol. The maximum atomic E-state index is 10.0. The van der Waals surface area contributed by atoms with Gasteiger partial charge in [0.15, 0.2) is 0 Å². The molecule has 16 heavy (non-hydrogen) atoms. The van der Waals surface area contributed by atoms with Crippen LogP contribution in [0.15, 0.2) is 36.4 Å². The summed E-state index contributed by atoms with van der Waals surface area (Å²) in [6.45, 7) is 3.88. The normalized spacial score (nSPS) is 10.4. The van der Waals surface area contributed by atoms with E-state index in [1.165, 1.54) is 0 Å². The minimum atomic E-state index is 0.309. The molecule has 0 aliphatic heterocycles. The summed E-state index contributed by atoms with van der Waals surface area (Å²) in [7, 11) is 0. The number of rotatable bonds is 1. The first-order valence-electron chi connectivity index (χ1n) is 5.24. The summed E-state index contributed by atoms with van der Waals surface area (Å²) in [5, 5.41) is 10.0. The number of phenols is 1. The van der Waals surface area contributed by atoms with Gasteiger partial charge in [-0.05, 0) is 42.7 Å². The van der Waals surface area contributed by atoms with Crippen LogP contribution < -0.4 is 5.73 Å². The van der Waals surface area contributed by atoms with Crippen molar-refractivity contribution < 1.29 is 5.11 Å². The first-order valence-corrected chi connectivity index (χ1v) is 5.24. The standard InChI is InChI=1S/C14H15NO/c1-9-5-3-4-6-12(9)13-8-11(15)7-10(2)14(13)16/h3-8,16H,15H2,1-2H3. The molecule has 0 saturated heterocycles. The maximum absolute atomic E-state index is 10.0. The van der Waals surface area contributed by atoms with Crippen LogP contribution in [-0.4, -0.2) is 5.11 Å². The van der Waals surface area contributed by atoms with Crippen LogP contribution in [0.1, 0.15) is 11.1 Å². The van der Waals surface area contributed by atoms with Gasteiger partial charge in [0, 0.05) is 11.3 Å². The Morgan fingerprint density at radius 2 is 1.62 bits per heavy atom. The van der Waals surface area contributed by atoms with Gasteiger partial charge in [-0.3, -0.25) is 0 Å². The summed E-state index contributed by atoms with van der Waals surface area (Å²) >= 11 is 0. The van der Waals surface area contributed by atoms with Gasteiger partial charge in [0.25, 0.3) is 0 Å². The number of anilines is 1. The number of benzene rings is 2. The highest BCUT2D eigenvalue weighted by Gasteiger charge is 2.09. The Labute approximate surface area is 95.4 Å². The number of hydrogen-bond acceptors (Lipinski definition) is 2. The fourth-order valence-corrected chi connectivity index (χ4v) is 1.89. The molecule has 2 heteroatoms. The number of aryl methyl sites for hydroxylation is 2. The minimum Gasteiger partial charge on any atom is -0.507 e. The average molecular weight is 213 g/mol. The predicted octanol–water partition coefficient (Wildman–Crippen LogP) is 3.26. The van der Waals surface area contributed by atoms with Crippen LogP contribution in [-0.2, 0) is 0 Å². The second-order valence-corrected chi connectivity index (χ2v) is 4.05. The molecule has 0 aromatic heterocycles. The van der Waals surface area contributed by atoms with Gasteiger partial charge in [-0.25, -0.2) is 0 Å². The van der Waals surface area contributed by atoms with Gasteiger partial charge < -0.3 is 10.8 Å². The molecule has 82 valence electrons. The first-order chi connectivity index (χ1) is 7.59. The number of nitrogens with two attached hydrogens (primary N) is 1. The third kappa shape index (κ3) is 1.74. The zero-order chi connectivity index (χ0) is 11.7. The number of aromatic hydroxyl groups is 1. The van der Waals surface area contributed by atoms with Crippen molar-refractivity contribution in [3.05, 3.63) is 47.5 Å². The molecule has 0 radical (unpaired) electrons. The van der Waals surface area contributed by atoms with Gasteiger partial charge in [-0.15, -0.1) is 0 Å². The molecule has 0 fully saturated rings. The monoisotopic (exact) mass is 213 g/mol. The SMILES string of the molecule is Cc1ccccc1-c1cc(N)cc(C)c1O. The minimum absolute atomic E-state index is 0.309. The summed E-state index contributed by atoms with van der Waals surface area (Å²) in [6.07, 6.45) is 0. The largest absolute Gasteiger partial charge is 0.507 e. The van der Waals surface area contributed by atoms with E-state index in [0.29, 0.717) is 11.4 Å². The lowest BCUT2D eigenvalue weighted by atomic mass is 9.97. The third-order valence-corrected chi connectivity index (χ3v) is 2.76. The average Bonchev–Trinajstić information content (AvgIpc) is 2.24. The quantitative estimate of drug-likeness (QED) is 0.564.